The number of carbonyl (C=O) groups excluding carboxylic acids is 1. The molecule has 0 unspecified atom stereocenters. The fourth-order valence-corrected chi connectivity index (χ4v) is 2.99. The van der Waals surface area contributed by atoms with Crippen molar-refractivity contribution in [3.05, 3.63) is 35.9 Å². The molecule has 1 saturated heterocycles. The Labute approximate surface area is 113 Å². The summed E-state index contributed by atoms with van der Waals surface area (Å²) < 4.78 is 27.8. The molecule has 0 spiro atoms. The first-order valence-corrected chi connectivity index (χ1v) is 7.48. The molecule has 1 amide bonds. The lowest BCUT2D eigenvalue weighted by molar-refractivity contribution is -0.120. The number of benzene rings is 1. The van der Waals surface area contributed by atoms with E-state index < -0.39 is 16.3 Å². The maximum atomic E-state index is 12.1. The lowest BCUT2D eigenvalue weighted by Crippen LogP contribution is -2.46. The molecule has 1 heterocycles. The van der Waals surface area contributed by atoms with Crippen LogP contribution in [0.1, 0.15) is 12.0 Å². The van der Waals surface area contributed by atoms with Crippen LogP contribution in [0.3, 0.4) is 0 Å². The number of nitrogens with zero attached hydrogens (tertiary/aromatic N) is 1. The van der Waals surface area contributed by atoms with Gasteiger partial charge in [-0.1, -0.05) is 30.3 Å². The van der Waals surface area contributed by atoms with Crippen LogP contribution in [0.15, 0.2) is 30.3 Å². The summed E-state index contributed by atoms with van der Waals surface area (Å²) in [6.07, 6.45) is 0.483. The summed E-state index contributed by atoms with van der Waals surface area (Å²) in [7, 11) is -2.16. The van der Waals surface area contributed by atoms with Gasteiger partial charge in [-0.25, -0.2) is 0 Å². The Morgan fingerprint density at radius 2 is 2.05 bits per heavy atom. The zero-order chi connectivity index (χ0) is 13.9. The fraction of sp³-hybridized carbons (Fsp3) is 0.417. The van der Waals surface area contributed by atoms with Gasteiger partial charge in [-0.2, -0.15) is 17.4 Å². The summed E-state index contributed by atoms with van der Waals surface area (Å²) in [4.78, 5) is 11.4. The van der Waals surface area contributed by atoms with E-state index in [0.29, 0.717) is 13.0 Å². The van der Waals surface area contributed by atoms with Crippen molar-refractivity contribution >= 4 is 16.1 Å². The topological polar surface area (TPSA) is 78.5 Å². The molecule has 0 saturated carbocycles. The van der Waals surface area contributed by atoms with Gasteiger partial charge in [-0.05, 0) is 12.0 Å². The Kier molecular flexibility index (Phi) is 4.18. The zero-order valence-corrected chi connectivity index (χ0v) is 11.5. The van der Waals surface area contributed by atoms with Crippen LogP contribution in [0.4, 0.5) is 0 Å². The molecule has 1 aromatic rings. The van der Waals surface area contributed by atoms with Gasteiger partial charge in [-0.15, -0.1) is 0 Å². The maximum absolute atomic E-state index is 12.1. The molecule has 19 heavy (non-hydrogen) atoms. The summed E-state index contributed by atoms with van der Waals surface area (Å²) in [5.74, 6) is -0.267. The van der Waals surface area contributed by atoms with Crippen molar-refractivity contribution in [2.45, 2.75) is 19.0 Å². The first-order valence-electron chi connectivity index (χ1n) is 6.04. The number of hydrogen-bond acceptors (Lipinski definition) is 3. The van der Waals surface area contributed by atoms with E-state index in [4.69, 9.17) is 0 Å². The SMILES string of the molecule is CN(Cc1ccccc1)S(=O)(=O)N[C@H]1CCNC1=O. The minimum Gasteiger partial charge on any atom is -0.355 e. The van der Waals surface area contributed by atoms with E-state index in [9.17, 15) is 13.2 Å². The largest absolute Gasteiger partial charge is 0.355 e. The standard InChI is InChI=1S/C12H17N3O3S/c1-15(9-10-5-3-2-4-6-10)19(17,18)14-11-7-8-13-12(11)16/h2-6,11,14H,7-9H2,1H3,(H,13,16)/t11-/m0/s1. The average molecular weight is 283 g/mol. The van der Waals surface area contributed by atoms with Crippen molar-refractivity contribution in [2.75, 3.05) is 13.6 Å². The van der Waals surface area contributed by atoms with E-state index in [1.165, 1.54) is 11.4 Å². The molecule has 6 nitrogen and oxygen atoms in total. The molecule has 0 aliphatic carbocycles. The number of hydrogen-bond donors (Lipinski definition) is 2. The molecule has 1 atom stereocenters. The third-order valence-corrected chi connectivity index (χ3v) is 4.53. The molecule has 1 aromatic carbocycles. The highest BCUT2D eigenvalue weighted by atomic mass is 32.2. The molecule has 104 valence electrons. The van der Waals surface area contributed by atoms with Gasteiger partial charge in [0.25, 0.3) is 10.2 Å². The van der Waals surface area contributed by atoms with Crippen LogP contribution in [0, 0.1) is 0 Å². The maximum Gasteiger partial charge on any atom is 0.280 e. The van der Waals surface area contributed by atoms with Gasteiger partial charge in [0.1, 0.15) is 6.04 Å². The third-order valence-electron chi connectivity index (χ3n) is 3.00. The fourth-order valence-electron chi connectivity index (χ4n) is 1.90. The predicted molar refractivity (Wildman–Crippen MR) is 71.4 cm³/mol. The highest BCUT2D eigenvalue weighted by Crippen LogP contribution is 2.08. The number of nitrogens with one attached hydrogen (secondary N) is 2. The monoisotopic (exact) mass is 283 g/mol. The van der Waals surface area contributed by atoms with Crippen LogP contribution in [0.25, 0.3) is 0 Å². The Balaban J connectivity index is 2.01. The minimum atomic E-state index is -3.65. The van der Waals surface area contributed by atoms with Crippen molar-refractivity contribution < 1.29 is 13.2 Å². The van der Waals surface area contributed by atoms with Crippen LogP contribution < -0.4 is 10.0 Å². The Bertz CT molecular complexity index is 545. The molecule has 2 rings (SSSR count). The van der Waals surface area contributed by atoms with Crippen molar-refractivity contribution in [3.63, 3.8) is 0 Å². The summed E-state index contributed by atoms with van der Waals surface area (Å²) in [6, 6.07) is 8.63. The highest BCUT2D eigenvalue weighted by molar-refractivity contribution is 7.87. The lowest BCUT2D eigenvalue weighted by Gasteiger charge is -2.19. The Hall–Kier alpha value is -1.44. The van der Waals surface area contributed by atoms with Crippen molar-refractivity contribution in [1.82, 2.24) is 14.3 Å². The molecule has 2 N–H and O–H groups in total. The van der Waals surface area contributed by atoms with Crippen LogP contribution in [0.5, 0.6) is 0 Å². The molecule has 1 fully saturated rings. The van der Waals surface area contributed by atoms with Gasteiger partial charge in [-0.3, -0.25) is 4.79 Å². The number of rotatable bonds is 5. The van der Waals surface area contributed by atoms with Gasteiger partial charge >= 0.3 is 0 Å². The second-order valence-corrected chi connectivity index (χ2v) is 6.31. The normalized spacial score (nSPS) is 19.7. The van der Waals surface area contributed by atoms with E-state index in [-0.39, 0.29) is 12.5 Å². The van der Waals surface area contributed by atoms with Gasteiger partial charge < -0.3 is 5.32 Å². The molecule has 0 bridgehead atoms. The van der Waals surface area contributed by atoms with Crippen LogP contribution in [-0.4, -0.2) is 38.3 Å². The van der Waals surface area contributed by atoms with Crippen molar-refractivity contribution in [1.29, 1.82) is 0 Å². The lowest BCUT2D eigenvalue weighted by atomic mass is 10.2. The molecule has 0 radical (unpaired) electrons. The first kappa shape index (κ1) is 14.0. The van der Waals surface area contributed by atoms with Gasteiger partial charge in [0.05, 0.1) is 0 Å². The van der Waals surface area contributed by atoms with Gasteiger partial charge in [0.2, 0.25) is 5.91 Å². The minimum absolute atomic E-state index is 0.267. The molecular formula is C12H17N3O3S. The van der Waals surface area contributed by atoms with Crippen LogP contribution >= 0.6 is 0 Å². The molecule has 7 heteroatoms. The van der Waals surface area contributed by atoms with Crippen LogP contribution in [-0.2, 0) is 21.5 Å². The van der Waals surface area contributed by atoms with Gasteiger partial charge in [0.15, 0.2) is 0 Å². The van der Waals surface area contributed by atoms with E-state index in [0.717, 1.165) is 5.56 Å². The molecule has 1 aliphatic rings. The van der Waals surface area contributed by atoms with Crippen molar-refractivity contribution in [2.24, 2.45) is 0 Å². The molecule has 0 aromatic heterocycles. The van der Waals surface area contributed by atoms with E-state index in [1.807, 2.05) is 30.3 Å². The third kappa shape index (κ3) is 3.52. The molecular weight excluding hydrogens is 266 g/mol. The smallest absolute Gasteiger partial charge is 0.280 e. The Morgan fingerprint density at radius 3 is 2.63 bits per heavy atom. The van der Waals surface area contributed by atoms with E-state index >= 15 is 0 Å². The Morgan fingerprint density at radius 1 is 1.37 bits per heavy atom. The number of amides is 1. The van der Waals surface area contributed by atoms with Crippen molar-refractivity contribution in [3.8, 4) is 0 Å². The van der Waals surface area contributed by atoms with E-state index in [1.54, 1.807) is 0 Å². The second kappa shape index (κ2) is 5.68. The van der Waals surface area contributed by atoms with Gasteiger partial charge in [0, 0.05) is 20.1 Å². The van der Waals surface area contributed by atoms with E-state index in [2.05, 4.69) is 10.0 Å². The summed E-state index contributed by atoms with van der Waals surface area (Å²) in [6.45, 7) is 0.777. The highest BCUT2D eigenvalue weighted by Gasteiger charge is 2.30. The summed E-state index contributed by atoms with van der Waals surface area (Å²) in [5, 5.41) is 2.60. The quantitative estimate of drug-likeness (QED) is 0.788. The first-order chi connectivity index (χ1) is 8.99. The number of carbonyl (C=O) groups is 1. The van der Waals surface area contributed by atoms with Crippen LogP contribution in [0.2, 0.25) is 0 Å². The average Bonchev–Trinajstić information content (AvgIpc) is 2.75. The zero-order valence-electron chi connectivity index (χ0n) is 10.7. The summed E-state index contributed by atoms with van der Waals surface area (Å²) in [5.41, 5.74) is 0.895. The summed E-state index contributed by atoms with van der Waals surface area (Å²) >= 11 is 0. The predicted octanol–water partition coefficient (Wildman–Crippen LogP) is -0.159. The second-order valence-electron chi connectivity index (χ2n) is 4.50. The molecule has 1 aliphatic heterocycles.